The summed E-state index contributed by atoms with van der Waals surface area (Å²) in [4.78, 5) is 28.0. The lowest BCUT2D eigenvalue weighted by Crippen LogP contribution is -2.46. The number of hydrogen-bond acceptors (Lipinski definition) is 6. The molecule has 2 amide bonds. The minimum atomic E-state index is -0.892. The Balaban J connectivity index is 1.27. The highest BCUT2D eigenvalue weighted by molar-refractivity contribution is 5.83. The number of nitrogens with zero attached hydrogens (tertiary/aromatic N) is 3. The molecule has 1 unspecified atom stereocenters. The van der Waals surface area contributed by atoms with Crippen LogP contribution in [0.15, 0.2) is 42.5 Å². The van der Waals surface area contributed by atoms with E-state index in [1.54, 1.807) is 11.0 Å². The molecule has 2 aliphatic heterocycles. The van der Waals surface area contributed by atoms with Gasteiger partial charge in [0.2, 0.25) is 5.91 Å². The molecule has 2 saturated heterocycles. The Morgan fingerprint density at radius 2 is 1.77 bits per heavy atom. The van der Waals surface area contributed by atoms with Crippen molar-refractivity contribution in [1.82, 2.24) is 9.80 Å². The van der Waals surface area contributed by atoms with Crippen molar-refractivity contribution in [2.24, 2.45) is 11.7 Å². The number of nitriles is 1. The van der Waals surface area contributed by atoms with E-state index in [1.165, 1.54) is 11.0 Å². The van der Waals surface area contributed by atoms with Crippen LogP contribution in [0.2, 0.25) is 0 Å². The molecule has 0 radical (unpaired) electrons. The van der Waals surface area contributed by atoms with Gasteiger partial charge in [0.1, 0.15) is 17.6 Å². The number of halogens is 1. The summed E-state index contributed by atoms with van der Waals surface area (Å²) in [6, 6.07) is 13.2. The molecule has 0 aliphatic carbocycles. The molecule has 2 aromatic carbocycles. The van der Waals surface area contributed by atoms with Gasteiger partial charge in [-0.1, -0.05) is 24.3 Å². The number of ether oxygens (including phenoxy) is 2. The van der Waals surface area contributed by atoms with E-state index in [2.05, 4.69) is 6.07 Å². The van der Waals surface area contributed by atoms with Crippen LogP contribution in [-0.4, -0.2) is 66.2 Å². The van der Waals surface area contributed by atoms with Gasteiger partial charge in [0.25, 0.3) is 0 Å². The van der Waals surface area contributed by atoms with Gasteiger partial charge >= 0.3 is 6.09 Å². The Kier molecular flexibility index (Phi) is 9.41. The molecule has 2 fully saturated rings. The van der Waals surface area contributed by atoms with Gasteiger partial charge < -0.3 is 25.0 Å². The number of carbonyl (C=O) groups excluding carboxylic acids is 2. The number of nitrogens with two attached hydrogens (primary N) is 1. The highest BCUT2D eigenvalue weighted by Crippen LogP contribution is 2.26. The fourth-order valence-corrected chi connectivity index (χ4v) is 5.11. The van der Waals surface area contributed by atoms with Crippen molar-refractivity contribution in [3.63, 3.8) is 0 Å². The number of piperidine rings is 1. The van der Waals surface area contributed by atoms with Crippen LogP contribution in [-0.2, 0) is 16.0 Å². The second-order valence-corrected chi connectivity index (χ2v) is 10.6. The SMILES string of the molecule is CC(C)OC(=O)N1CCC(COc2ccc(-c3ccc(CC(N)C(=O)N4CCC[C@H]4C#N)c(F)c3)cc2)CC1. The highest BCUT2D eigenvalue weighted by atomic mass is 19.1. The summed E-state index contributed by atoms with van der Waals surface area (Å²) in [5.41, 5.74) is 8.03. The van der Waals surface area contributed by atoms with Crippen molar-refractivity contribution in [3.8, 4) is 22.9 Å². The molecule has 4 rings (SSSR count). The Labute approximate surface area is 229 Å². The maximum atomic E-state index is 14.9. The topological polar surface area (TPSA) is 109 Å². The molecule has 39 heavy (non-hydrogen) atoms. The first-order chi connectivity index (χ1) is 18.7. The molecular formula is C30H37FN4O4. The van der Waals surface area contributed by atoms with E-state index in [1.807, 2.05) is 44.2 Å². The van der Waals surface area contributed by atoms with E-state index in [4.69, 9.17) is 15.2 Å². The van der Waals surface area contributed by atoms with Gasteiger partial charge in [0, 0.05) is 19.6 Å². The van der Waals surface area contributed by atoms with Crippen LogP contribution in [0, 0.1) is 23.1 Å². The molecule has 2 aliphatic rings. The van der Waals surface area contributed by atoms with Gasteiger partial charge in [-0.05, 0) is 86.8 Å². The van der Waals surface area contributed by atoms with Crippen molar-refractivity contribution < 1.29 is 23.5 Å². The van der Waals surface area contributed by atoms with E-state index in [-0.39, 0.29) is 24.5 Å². The van der Waals surface area contributed by atoms with Crippen LogP contribution >= 0.6 is 0 Å². The molecule has 2 aromatic rings. The number of amides is 2. The minimum Gasteiger partial charge on any atom is -0.493 e. The summed E-state index contributed by atoms with van der Waals surface area (Å²) >= 11 is 0. The maximum Gasteiger partial charge on any atom is 0.410 e. The molecule has 2 heterocycles. The van der Waals surface area contributed by atoms with Crippen molar-refractivity contribution in [2.75, 3.05) is 26.2 Å². The normalized spacial score (nSPS) is 18.6. The first-order valence-electron chi connectivity index (χ1n) is 13.7. The first-order valence-corrected chi connectivity index (χ1v) is 13.7. The van der Waals surface area contributed by atoms with Crippen molar-refractivity contribution in [3.05, 3.63) is 53.8 Å². The Bertz CT molecular complexity index is 1190. The molecule has 0 bridgehead atoms. The summed E-state index contributed by atoms with van der Waals surface area (Å²) in [6.45, 7) is 6.11. The Morgan fingerprint density at radius 1 is 1.08 bits per heavy atom. The maximum absolute atomic E-state index is 14.9. The molecule has 2 N–H and O–H groups in total. The third-order valence-corrected chi connectivity index (χ3v) is 7.38. The average molecular weight is 537 g/mol. The summed E-state index contributed by atoms with van der Waals surface area (Å²) in [5, 5.41) is 9.23. The lowest BCUT2D eigenvalue weighted by molar-refractivity contribution is -0.132. The molecule has 8 nitrogen and oxygen atoms in total. The standard InChI is InChI=1S/C30H37FN4O4/c1-20(2)39-30(37)34-14-11-21(12-15-34)19-38-26-9-7-22(8-10-26)23-5-6-24(27(31)16-23)17-28(33)29(36)35-13-3-4-25(35)18-32/h5-10,16,20-21,25,28H,3-4,11-15,17,19,33H2,1-2H3/t25-,28?/m0/s1. The van der Waals surface area contributed by atoms with E-state index in [0.29, 0.717) is 49.7 Å². The fraction of sp³-hybridized carbons (Fsp3) is 0.500. The minimum absolute atomic E-state index is 0.0736. The second-order valence-electron chi connectivity index (χ2n) is 10.6. The quantitative estimate of drug-likeness (QED) is 0.532. The van der Waals surface area contributed by atoms with Crippen LogP contribution in [0.4, 0.5) is 9.18 Å². The van der Waals surface area contributed by atoms with Crippen LogP contribution < -0.4 is 10.5 Å². The third kappa shape index (κ3) is 7.27. The van der Waals surface area contributed by atoms with Gasteiger partial charge in [-0.3, -0.25) is 4.79 Å². The van der Waals surface area contributed by atoms with Crippen molar-refractivity contribution >= 4 is 12.0 Å². The lowest BCUT2D eigenvalue weighted by Gasteiger charge is -2.31. The van der Waals surface area contributed by atoms with Gasteiger partial charge in [-0.2, -0.15) is 5.26 Å². The van der Waals surface area contributed by atoms with Gasteiger partial charge in [-0.15, -0.1) is 0 Å². The van der Waals surface area contributed by atoms with Crippen LogP contribution in [0.3, 0.4) is 0 Å². The zero-order valence-electron chi connectivity index (χ0n) is 22.6. The largest absolute Gasteiger partial charge is 0.493 e. The Morgan fingerprint density at radius 3 is 2.41 bits per heavy atom. The lowest BCUT2D eigenvalue weighted by atomic mass is 9.98. The Hall–Kier alpha value is -3.64. The van der Waals surface area contributed by atoms with Crippen LogP contribution in [0.25, 0.3) is 11.1 Å². The fourth-order valence-electron chi connectivity index (χ4n) is 5.11. The number of benzene rings is 2. The van der Waals surface area contributed by atoms with Gasteiger partial charge in [0.15, 0.2) is 0 Å². The van der Waals surface area contributed by atoms with Gasteiger partial charge in [-0.25, -0.2) is 9.18 Å². The number of likely N-dealkylation sites (tertiary alicyclic amines) is 2. The summed E-state index contributed by atoms with van der Waals surface area (Å²) < 4.78 is 26.2. The van der Waals surface area contributed by atoms with Crippen LogP contribution in [0.5, 0.6) is 5.75 Å². The monoisotopic (exact) mass is 536 g/mol. The third-order valence-electron chi connectivity index (χ3n) is 7.38. The zero-order chi connectivity index (χ0) is 27.9. The predicted octanol–water partition coefficient (Wildman–Crippen LogP) is 4.51. The molecule has 208 valence electrons. The number of hydrogen-bond donors (Lipinski definition) is 1. The first kappa shape index (κ1) is 28.4. The summed E-state index contributed by atoms with van der Waals surface area (Å²) in [5.74, 6) is 0.374. The smallest absolute Gasteiger partial charge is 0.410 e. The second kappa shape index (κ2) is 12.9. The summed E-state index contributed by atoms with van der Waals surface area (Å²) in [6.07, 6.45) is 2.86. The molecule has 0 saturated carbocycles. The van der Waals surface area contributed by atoms with E-state index in [9.17, 15) is 19.2 Å². The van der Waals surface area contributed by atoms with E-state index >= 15 is 0 Å². The zero-order valence-corrected chi connectivity index (χ0v) is 22.6. The molecule has 0 spiro atoms. The molecular weight excluding hydrogens is 499 g/mol. The van der Waals surface area contributed by atoms with Crippen molar-refractivity contribution in [2.45, 2.75) is 64.1 Å². The molecule has 9 heteroatoms. The van der Waals surface area contributed by atoms with E-state index < -0.39 is 17.9 Å². The highest BCUT2D eigenvalue weighted by Gasteiger charge is 2.32. The summed E-state index contributed by atoms with van der Waals surface area (Å²) in [7, 11) is 0. The van der Waals surface area contributed by atoms with Gasteiger partial charge in [0.05, 0.1) is 24.8 Å². The van der Waals surface area contributed by atoms with Crippen molar-refractivity contribution in [1.29, 1.82) is 5.26 Å². The molecule has 0 aromatic heterocycles. The predicted molar refractivity (Wildman–Crippen MR) is 145 cm³/mol. The molecule has 2 atom stereocenters. The number of rotatable bonds is 8. The average Bonchev–Trinajstić information content (AvgIpc) is 3.42. The number of carbonyl (C=O) groups is 2. The van der Waals surface area contributed by atoms with Crippen LogP contribution in [0.1, 0.15) is 45.1 Å². The van der Waals surface area contributed by atoms with E-state index in [0.717, 1.165) is 30.6 Å².